The highest BCUT2D eigenvalue weighted by molar-refractivity contribution is 5.32. The monoisotopic (exact) mass is 257 g/mol. The first-order chi connectivity index (χ1) is 8.60. The van der Waals surface area contributed by atoms with Gasteiger partial charge in [-0.15, -0.1) is 0 Å². The van der Waals surface area contributed by atoms with Gasteiger partial charge in [-0.2, -0.15) is 0 Å². The van der Waals surface area contributed by atoms with Crippen LogP contribution in [-0.4, -0.2) is 7.11 Å². The predicted octanol–water partition coefficient (Wildman–Crippen LogP) is 3.94. The van der Waals surface area contributed by atoms with Crippen molar-refractivity contribution in [2.24, 2.45) is 5.73 Å². The van der Waals surface area contributed by atoms with E-state index in [1.165, 1.54) is 19.2 Å². The Balaban J connectivity index is 2.70. The second kappa shape index (κ2) is 7.31. The highest BCUT2D eigenvalue weighted by Gasteiger charge is 2.18. The van der Waals surface area contributed by atoms with Gasteiger partial charge in [0.1, 0.15) is 17.4 Å². The molecular weight excluding hydrogens is 236 g/mol. The van der Waals surface area contributed by atoms with E-state index in [0.29, 0.717) is 6.42 Å². The number of benzene rings is 1. The van der Waals surface area contributed by atoms with Crippen molar-refractivity contribution in [3.8, 4) is 5.75 Å². The summed E-state index contributed by atoms with van der Waals surface area (Å²) in [5.41, 5.74) is 5.81. The van der Waals surface area contributed by atoms with Gasteiger partial charge in [0.15, 0.2) is 0 Å². The lowest BCUT2D eigenvalue weighted by Crippen LogP contribution is -2.14. The maximum Gasteiger partial charge on any atom is 0.134 e. The lowest BCUT2D eigenvalue weighted by Gasteiger charge is -2.14. The molecule has 0 heterocycles. The molecule has 0 aliphatic heterocycles. The molecule has 18 heavy (non-hydrogen) atoms. The summed E-state index contributed by atoms with van der Waals surface area (Å²) in [7, 11) is 1.37. The van der Waals surface area contributed by atoms with Crippen LogP contribution in [0.5, 0.6) is 5.75 Å². The van der Waals surface area contributed by atoms with E-state index in [9.17, 15) is 8.78 Å². The minimum atomic E-state index is -0.630. The van der Waals surface area contributed by atoms with Crippen LogP contribution in [0.25, 0.3) is 0 Å². The summed E-state index contributed by atoms with van der Waals surface area (Å²) in [5.74, 6) is -1.09. The minimum Gasteiger partial charge on any atom is -0.497 e. The summed E-state index contributed by atoms with van der Waals surface area (Å²) in [5, 5.41) is 0. The van der Waals surface area contributed by atoms with Crippen molar-refractivity contribution in [1.29, 1.82) is 0 Å². The zero-order valence-corrected chi connectivity index (χ0v) is 11.0. The van der Waals surface area contributed by atoms with Crippen molar-refractivity contribution in [2.45, 2.75) is 45.1 Å². The molecule has 1 rings (SSSR count). The number of hydrogen-bond donors (Lipinski definition) is 1. The van der Waals surface area contributed by atoms with Crippen LogP contribution >= 0.6 is 0 Å². The fourth-order valence-corrected chi connectivity index (χ4v) is 1.97. The van der Waals surface area contributed by atoms with E-state index in [-0.39, 0.29) is 11.3 Å². The Labute approximate surface area is 107 Å². The van der Waals surface area contributed by atoms with Crippen LogP contribution in [-0.2, 0) is 0 Å². The summed E-state index contributed by atoms with van der Waals surface area (Å²) < 4.78 is 32.3. The number of ether oxygens (including phenoxy) is 1. The molecule has 1 unspecified atom stereocenters. The molecule has 2 nitrogen and oxygen atoms in total. The number of unbranched alkanes of at least 4 members (excludes halogenated alkanes) is 3. The van der Waals surface area contributed by atoms with E-state index in [0.717, 1.165) is 25.7 Å². The molecule has 0 radical (unpaired) electrons. The van der Waals surface area contributed by atoms with Gasteiger partial charge >= 0.3 is 0 Å². The molecule has 1 aromatic rings. The van der Waals surface area contributed by atoms with E-state index in [1.54, 1.807) is 0 Å². The maximum atomic E-state index is 13.7. The van der Waals surface area contributed by atoms with Crippen molar-refractivity contribution in [1.82, 2.24) is 0 Å². The molecule has 0 aliphatic carbocycles. The van der Waals surface area contributed by atoms with Crippen LogP contribution in [0.3, 0.4) is 0 Å². The van der Waals surface area contributed by atoms with Crippen LogP contribution in [0.15, 0.2) is 12.1 Å². The Morgan fingerprint density at radius 2 is 1.78 bits per heavy atom. The van der Waals surface area contributed by atoms with Gasteiger partial charge in [-0.1, -0.05) is 32.6 Å². The first-order valence-electron chi connectivity index (χ1n) is 6.38. The van der Waals surface area contributed by atoms with Gasteiger partial charge in [-0.3, -0.25) is 0 Å². The number of nitrogens with two attached hydrogens (primary N) is 1. The van der Waals surface area contributed by atoms with Gasteiger partial charge in [0.05, 0.1) is 7.11 Å². The SMILES string of the molecule is CCCCCCC(N)c1c(F)cc(OC)cc1F. The molecule has 1 aromatic carbocycles. The Hall–Kier alpha value is -1.16. The Morgan fingerprint density at radius 3 is 2.28 bits per heavy atom. The zero-order chi connectivity index (χ0) is 13.5. The average Bonchev–Trinajstić information content (AvgIpc) is 2.33. The second-order valence-corrected chi connectivity index (χ2v) is 4.46. The standard InChI is InChI=1S/C14H21F2NO/c1-3-4-5-6-7-13(17)14-11(15)8-10(18-2)9-12(14)16/h8-9,13H,3-7,17H2,1-2H3. The summed E-state index contributed by atoms with van der Waals surface area (Å²) >= 11 is 0. The van der Waals surface area contributed by atoms with Gasteiger partial charge in [0, 0.05) is 23.7 Å². The molecule has 1 atom stereocenters. The average molecular weight is 257 g/mol. The topological polar surface area (TPSA) is 35.2 Å². The molecule has 0 amide bonds. The van der Waals surface area contributed by atoms with Crippen LogP contribution in [0, 0.1) is 11.6 Å². The molecule has 0 saturated heterocycles. The molecule has 102 valence electrons. The number of methoxy groups -OCH3 is 1. The summed E-state index contributed by atoms with van der Waals surface area (Å²) in [6, 6.07) is 1.75. The van der Waals surface area contributed by atoms with E-state index >= 15 is 0 Å². The Morgan fingerprint density at radius 1 is 1.17 bits per heavy atom. The molecule has 0 fully saturated rings. The van der Waals surface area contributed by atoms with Gasteiger partial charge in [0.25, 0.3) is 0 Å². The third-order valence-electron chi connectivity index (χ3n) is 3.03. The van der Waals surface area contributed by atoms with E-state index in [1.807, 2.05) is 0 Å². The van der Waals surface area contributed by atoms with Crippen molar-refractivity contribution >= 4 is 0 Å². The molecule has 2 N–H and O–H groups in total. The van der Waals surface area contributed by atoms with Crippen LogP contribution in [0.1, 0.15) is 50.6 Å². The summed E-state index contributed by atoms with van der Waals surface area (Å²) in [6.07, 6.45) is 4.78. The van der Waals surface area contributed by atoms with Crippen LogP contribution in [0.2, 0.25) is 0 Å². The Kier molecular flexibility index (Phi) is 6.05. The van der Waals surface area contributed by atoms with Gasteiger partial charge in [0.2, 0.25) is 0 Å². The fraction of sp³-hybridized carbons (Fsp3) is 0.571. The summed E-state index contributed by atoms with van der Waals surface area (Å²) in [6.45, 7) is 2.11. The second-order valence-electron chi connectivity index (χ2n) is 4.46. The lowest BCUT2D eigenvalue weighted by atomic mass is 9.99. The summed E-state index contributed by atoms with van der Waals surface area (Å²) in [4.78, 5) is 0. The minimum absolute atomic E-state index is 0.0349. The molecule has 0 bridgehead atoms. The zero-order valence-electron chi connectivity index (χ0n) is 11.0. The molecule has 4 heteroatoms. The normalized spacial score (nSPS) is 12.5. The smallest absolute Gasteiger partial charge is 0.134 e. The maximum absolute atomic E-state index is 13.7. The van der Waals surface area contributed by atoms with Gasteiger partial charge < -0.3 is 10.5 Å². The molecule has 0 spiro atoms. The van der Waals surface area contributed by atoms with E-state index in [4.69, 9.17) is 10.5 Å². The highest BCUT2D eigenvalue weighted by Crippen LogP contribution is 2.27. The molecule has 0 saturated carbocycles. The number of hydrogen-bond acceptors (Lipinski definition) is 2. The predicted molar refractivity (Wildman–Crippen MR) is 68.6 cm³/mol. The van der Waals surface area contributed by atoms with Gasteiger partial charge in [-0.05, 0) is 6.42 Å². The van der Waals surface area contributed by atoms with E-state index in [2.05, 4.69) is 6.92 Å². The third kappa shape index (κ3) is 3.95. The Bertz CT molecular complexity index is 359. The van der Waals surface area contributed by atoms with Gasteiger partial charge in [-0.25, -0.2) is 8.78 Å². The van der Waals surface area contributed by atoms with Crippen molar-refractivity contribution in [3.05, 3.63) is 29.3 Å². The molecular formula is C14H21F2NO. The fourth-order valence-electron chi connectivity index (χ4n) is 1.97. The first kappa shape index (κ1) is 14.9. The third-order valence-corrected chi connectivity index (χ3v) is 3.03. The van der Waals surface area contributed by atoms with Crippen molar-refractivity contribution < 1.29 is 13.5 Å². The highest BCUT2D eigenvalue weighted by atomic mass is 19.1. The van der Waals surface area contributed by atoms with Crippen LogP contribution in [0.4, 0.5) is 8.78 Å². The molecule has 0 aromatic heterocycles. The quantitative estimate of drug-likeness (QED) is 0.751. The number of rotatable bonds is 7. The molecule has 0 aliphatic rings. The number of halogens is 2. The first-order valence-corrected chi connectivity index (χ1v) is 6.38. The van der Waals surface area contributed by atoms with Crippen molar-refractivity contribution in [3.63, 3.8) is 0 Å². The van der Waals surface area contributed by atoms with Crippen molar-refractivity contribution in [2.75, 3.05) is 7.11 Å². The van der Waals surface area contributed by atoms with E-state index < -0.39 is 17.7 Å². The lowest BCUT2D eigenvalue weighted by molar-refractivity contribution is 0.402. The largest absolute Gasteiger partial charge is 0.497 e. The van der Waals surface area contributed by atoms with Crippen LogP contribution < -0.4 is 10.5 Å².